The van der Waals surface area contributed by atoms with Crippen LogP contribution in [0.1, 0.15) is 37.8 Å². The van der Waals surface area contributed by atoms with Crippen LogP contribution in [-0.2, 0) is 16.0 Å². The van der Waals surface area contributed by atoms with Gasteiger partial charge in [0.05, 0.1) is 12.1 Å². The number of hydrogen-bond donors (Lipinski definition) is 2. The first-order valence-corrected chi connectivity index (χ1v) is 9.01. The van der Waals surface area contributed by atoms with Crippen molar-refractivity contribution >= 4 is 23.2 Å². The molecule has 1 aromatic heterocycles. The van der Waals surface area contributed by atoms with Crippen molar-refractivity contribution in [2.24, 2.45) is 0 Å². The number of amides is 1. The van der Waals surface area contributed by atoms with Gasteiger partial charge in [0, 0.05) is 23.9 Å². The fourth-order valence-electron chi connectivity index (χ4n) is 2.31. The lowest BCUT2D eigenvalue weighted by molar-refractivity contribution is -0.137. The Morgan fingerprint density at radius 2 is 1.83 bits per heavy atom. The fourth-order valence-corrected chi connectivity index (χ4v) is 3.14. The third kappa shape index (κ3) is 6.50. The van der Waals surface area contributed by atoms with E-state index < -0.39 is 5.97 Å². The lowest BCUT2D eigenvalue weighted by Crippen LogP contribution is -2.26. The number of nitrogens with one attached hydrogen (secondary N) is 1. The second kappa shape index (κ2) is 9.82. The number of carboxylic acids is 1. The van der Waals surface area contributed by atoms with E-state index in [0.717, 1.165) is 35.5 Å². The zero-order valence-electron chi connectivity index (χ0n) is 13.5. The van der Waals surface area contributed by atoms with Gasteiger partial charge in [-0.2, -0.15) is 0 Å². The number of carbonyl (C=O) groups excluding carboxylic acids is 1. The van der Waals surface area contributed by atoms with E-state index in [1.54, 1.807) is 11.3 Å². The minimum Gasteiger partial charge on any atom is -0.481 e. The van der Waals surface area contributed by atoms with E-state index in [1.807, 2.05) is 35.7 Å². The smallest absolute Gasteiger partial charge is 0.303 e. The molecule has 2 aromatic rings. The molecule has 2 N–H and O–H groups in total. The Morgan fingerprint density at radius 3 is 2.58 bits per heavy atom. The van der Waals surface area contributed by atoms with Crippen LogP contribution >= 0.6 is 11.3 Å². The summed E-state index contributed by atoms with van der Waals surface area (Å²) in [5.41, 5.74) is 1.85. The fraction of sp³-hybridized carbons (Fsp3) is 0.389. The Morgan fingerprint density at radius 1 is 1.08 bits per heavy atom. The largest absolute Gasteiger partial charge is 0.481 e. The van der Waals surface area contributed by atoms with E-state index in [2.05, 4.69) is 10.3 Å². The van der Waals surface area contributed by atoms with E-state index in [0.29, 0.717) is 19.4 Å². The molecule has 5 nitrogen and oxygen atoms in total. The summed E-state index contributed by atoms with van der Waals surface area (Å²) in [6.45, 7) is 0.627. The molecule has 128 valence electrons. The van der Waals surface area contributed by atoms with Crippen LogP contribution < -0.4 is 5.32 Å². The zero-order chi connectivity index (χ0) is 17.2. The number of hydrogen-bond acceptors (Lipinski definition) is 4. The lowest BCUT2D eigenvalue weighted by Gasteiger charge is -2.04. The third-order valence-corrected chi connectivity index (χ3v) is 4.49. The molecule has 24 heavy (non-hydrogen) atoms. The molecular formula is C18H22N2O3S. The maximum Gasteiger partial charge on any atom is 0.303 e. The number of aromatic nitrogens is 1. The maximum absolute atomic E-state index is 11.9. The van der Waals surface area contributed by atoms with Gasteiger partial charge in [0.15, 0.2) is 0 Å². The molecule has 0 unspecified atom stereocenters. The molecule has 2 rings (SSSR count). The summed E-state index contributed by atoms with van der Waals surface area (Å²) in [7, 11) is 0. The Balaban J connectivity index is 1.64. The van der Waals surface area contributed by atoms with E-state index in [1.165, 1.54) is 0 Å². The van der Waals surface area contributed by atoms with Crippen molar-refractivity contribution in [2.75, 3.05) is 6.54 Å². The predicted octanol–water partition coefficient (Wildman–Crippen LogP) is 3.50. The highest BCUT2D eigenvalue weighted by atomic mass is 32.1. The monoisotopic (exact) mass is 346 g/mol. The Kier molecular flexibility index (Phi) is 7.42. The number of carboxylic acid groups (broad SMARTS) is 1. The van der Waals surface area contributed by atoms with Crippen LogP contribution in [0.5, 0.6) is 0 Å². The van der Waals surface area contributed by atoms with Crippen LogP contribution in [0.15, 0.2) is 35.7 Å². The second-order valence-corrected chi connectivity index (χ2v) is 6.45. The Labute approximate surface area is 145 Å². The van der Waals surface area contributed by atoms with Crippen molar-refractivity contribution in [1.29, 1.82) is 0 Å². The van der Waals surface area contributed by atoms with E-state index >= 15 is 0 Å². The normalized spacial score (nSPS) is 10.5. The number of aliphatic carboxylic acids is 1. The Hall–Kier alpha value is -2.21. The number of thiazole rings is 1. The van der Waals surface area contributed by atoms with Crippen LogP contribution in [-0.4, -0.2) is 28.5 Å². The van der Waals surface area contributed by atoms with Gasteiger partial charge in [-0.3, -0.25) is 9.59 Å². The summed E-state index contributed by atoms with van der Waals surface area (Å²) >= 11 is 1.55. The second-order valence-electron chi connectivity index (χ2n) is 5.59. The molecule has 0 aliphatic carbocycles. The average molecular weight is 346 g/mol. The number of nitrogens with zero attached hydrogens (tertiary/aromatic N) is 1. The van der Waals surface area contributed by atoms with Gasteiger partial charge in [0.1, 0.15) is 5.01 Å². The van der Waals surface area contributed by atoms with Gasteiger partial charge in [-0.1, -0.05) is 43.2 Å². The van der Waals surface area contributed by atoms with Gasteiger partial charge in [0.2, 0.25) is 5.91 Å². The van der Waals surface area contributed by atoms with Crippen LogP contribution in [0.3, 0.4) is 0 Å². The van der Waals surface area contributed by atoms with Gasteiger partial charge in [-0.25, -0.2) is 4.98 Å². The molecule has 0 fully saturated rings. The van der Waals surface area contributed by atoms with Gasteiger partial charge >= 0.3 is 5.97 Å². The highest BCUT2D eigenvalue weighted by Crippen LogP contribution is 2.23. The first kappa shape index (κ1) is 18.1. The van der Waals surface area contributed by atoms with Crippen LogP contribution in [0.25, 0.3) is 10.6 Å². The molecule has 0 saturated carbocycles. The summed E-state index contributed by atoms with van der Waals surface area (Å²) < 4.78 is 0. The van der Waals surface area contributed by atoms with Crippen LogP contribution in [0.4, 0.5) is 0 Å². The van der Waals surface area contributed by atoms with Crippen molar-refractivity contribution < 1.29 is 14.7 Å². The molecule has 0 aliphatic heterocycles. The average Bonchev–Trinajstić information content (AvgIpc) is 3.03. The number of carbonyl (C=O) groups is 2. The van der Waals surface area contributed by atoms with Crippen molar-refractivity contribution in [3.63, 3.8) is 0 Å². The van der Waals surface area contributed by atoms with Crippen LogP contribution in [0, 0.1) is 0 Å². The Bertz CT molecular complexity index is 655. The molecule has 0 aliphatic rings. The lowest BCUT2D eigenvalue weighted by atomic mass is 10.1. The molecule has 1 amide bonds. The quantitative estimate of drug-likeness (QED) is 0.645. The first-order valence-electron chi connectivity index (χ1n) is 8.13. The predicted molar refractivity (Wildman–Crippen MR) is 95.0 cm³/mol. The molecule has 0 atom stereocenters. The number of unbranched alkanes of at least 4 members (excludes halogenated alkanes) is 3. The van der Waals surface area contributed by atoms with Crippen molar-refractivity contribution in [1.82, 2.24) is 10.3 Å². The molecule has 0 spiro atoms. The zero-order valence-corrected chi connectivity index (χ0v) is 14.3. The summed E-state index contributed by atoms with van der Waals surface area (Å²) in [5.74, 6) is -0.771. The SMILES string of the molecule is O=C(O)CCCCCCNC(=O)Cc1csc(-c2ccccc2)n1. The van der Waals surface area contributed by atoms with Crippen molar-refractivity contribution in [3.05, 3.63) is 41.4 Å². The number of rotatable bonds is 10. The van der Waals surface area contributed by atoms with Gasteiger partial charge in [-0.05, 0) is 12.8 Å². The van der Waals surface area contributed by atoms with Crippen LogP contribution in [0.2, 0.25) is 0 Å². The topological polar surface area (TPSA) is 79.3 Å². The molecule has 0 bridgehead atoms. The summed E-state index contributed by atoms with van der Waals surface area (Å²) in [5, 5.41) is 14.3. The minimum atomic E-state index is -0.749. The van der Waals surface area contributed by atoms with Crippen molar-refractivity contribution in [2.45, 2.75) is 38.5 Å². The summed E-state index contributed by atoms with van der Waals surface area (Å²) in [6, 6.07) is 9.92. The summed E-state index contributed by atoms with van der Waals surface area (Å²) in [4.78, 5) is 26.8. The van der Waals surface area contributed by atoms with Gasteiger partial charge in [-0.15, -0.1) is 11.3 Å². The highest BCUT2D eigenvalue weighted by molar-refractivity contribution is 7.13. The first-order chi connectivity index (χ1) is 11.6. The minimum absolute atomic E-state index is 0.0227. The standard InChI is InChI=1S/C18H22N2O3S/c21-16(19-11-7-2-1-6-10-17(22)23)12-15-13-24-18(20-15)14-8-4-3-5-9-14/h3-5,8-9,13H,1-2,6-7,10-12H2,(H,19,21)(H,22,23). The van der Waals surface area contributed by atoms with E-state index in [-0.39, 0.29) is 12.3 Å². The van der Waals surface area contributed by atoms with Gasteiger partial charge < -0.3 is 10.4 Å². The highest BCUT2D eigenvalue weighted by Gasteiger charge is 2.08. The van der Waals surface area contributed by atoms with Gasteiger partial charge in [0.25, 0.3) is 0 Å². The third-order valence-electron chi connectivity index (χ3n) is 3.55. The number of benzene rings is 1. The molecule has 0 radical (unpaired) electrons. The molecule has 1 aromatic carbocycles. The summed E-state index contributed by atoms with van der Waals surface area (Å²) in [6.07, 6.45) is 3.90. The molecule has 6 heteroatoms. The van der Waals surface area contributed by atoms with E-state index in [4.69, 9.17) is 5.11 Å². The molecule has 1 heterocycles. The van der Waals surface area contributed by atoms with E-state index in [9.17, 15) is 9.59 Å². The molecular weight excluding hydrogens is 324 g/mol. The molecule has 0 saturated heterocycles. The maximum atomic E-state index is 11.9. The van der Waals surface area contributed by atoms with Crippen molar-refractivity contribution in [3.8, 4) is 10.6 Å².